The van der Waals surface area contributed by atoms with Gasteiger partial charge in [0.15, 0.2) is 0 Å². The summed E-state index contributed by atoms with van der Waals surface area (Å²) in [5.41, 5.74) is 0. The first-order valence-electron chi connectivity index (χ1n) is 7.00. The molecule has 3 nitrogen and oxygen atoms in total. The van der Waals surface area contributed by atoms with Crippen LogP contribution >= 0.6 is 15.9 Å². The predicted octanol–water partition coefficient (Wildman–Crippen LogP) is 1.96. The first kappa shape index (κ1) is 13.8. The van der Waals surface area contributed by atoms with E-state index in [4.69, 9.17) is 4.74 Å². The van der Waals surface area contributed by atoms with Crippen LogP contribution in [0.4, 0.5) is 0 Å². The highest BCUT2D eigenvalue weighted by Crippen LogP contribution is 2.24. The Morgan fingerprint density at radius 3 is 2.53 bits per heavy atom. The lowest BCUT2D eigenvalue weighted by molar-refractivity contribution is 0.0270. The van der Waals surface area contributed by atoms with Gasteiger partial charge in [-0.3, -0.25) is 9.80 Å². The monoisotopic (exact) mass is 304 g/mol. The van der Waals surface area contributed by atoms with Crippen molar-refractivity contribution in [2.75, 3.05) is 51.3 Å². The average Bonchev–Trinajstić information content (AvgIpc) is 2.31. The van der Waals surface area contributed by atoms with Crippen LogP contribution in [0.3, 0.4) is 0 Å². The van der Waals surface area contributed by atoms with Crippen LogP contribution in [0.1, 0.15) is 25.7 Å². The first-order chi connectivity index (χ1) is 8.40. The van der Waals surface area contributed by atoms with Gasteiger partial charge >= 0.3 is 0 Å². The van der Waals surface area contributed by atoms with Gasteiger partial charge in [-0.15, -0.1) is 0 Å². The van der Waals surface area contributed by atoms with Crippen molar-refractivity contribution in [2.24, 2.45) is 0 Å². The maximum Gasteiger partial charge on any atom is 0.0594 e. The second-order valence-electron chi connectivity index (χ2n) is 5.12. The van der Waals surface area contributed by atoms with Gasteiger partial charge in [0.2, 0.25) is 0 Å². The van der Waals surface area contributed by atoms with Crippen molar-refractivity contribution >= 4 is 15.9 Å². The lowest BCUT2D eigenvalue weighted by atomic mass is 9.91. The zero-order valence-electron chi connectivity index (χ0n) is 10.7. The maximum atomic E-state index is 5.39. The van der Waals surface area contributed by atoms with Crippen LogP contribution < -0.4 is 0 Å². The molecule has 1 aliphatic carbocycles. The van der Waals surface area contributed by atoms with E-state index < -0.39 is 0 Å². The Morgan fingerprint density at radius 2 is 1.94 bits per heavy atom. The van der Waals surface area contributed by atoms with E-state index in [1.807, 2.05) is 0 Å². The van der Waals surface area contributed by atoms with Gasteiger partial charge in [0.1, 0.15) is 0 Å². The molecule has 1 saturated carbocycles. The molecule has 0 bridgehead atoms. The highest BCUT2D eigenvalue weighted by molar-refractivity contribution is 9.09. The molecule has 0 aromatic carbocycles. The Kier molecular flexibility index (Phi) is 6.26. The van der Waals surface area contributed by atoms with Crippen LogP contribution in [-0.2, 0) is 4.74 Å². The van der Waals surface area contributed by atoms with Gasteiger partial charge in [-0.1, -0.05) is 22.4 Å². The number of alkyl halides is 1. The van der Waals surface area contributed by atoms with Gasteiger partial charge < -0.3 is 4.74 Å². The summed E-state index contributed by atoms with van der Waals surface area (Å²) in [4.78, 5) is 5.25. The van der Waals surface area contributed by atoms with E-state index in [2.05, 4.69) is 25.7 Å². The standard InChI is InChI=1S/C13H25BrN2O/c14-5-2-6-16(13-3-1-4-13)8-7-15-9-11-17-12-10-15/h13H,1-12H2. The molecule has 0 N–H and O–H groups in total. The molecule has 1 saturated heterocycles. The summed E-state index contributed by atoms with van der Waals surface area (Å²) >= 11 is 3.54. The molecule has 0 atom stereocenters. The Labute approximate surface area is 114 Å². The average molecular weight is 305 g/mol. The molecule has 2 aliphatic rings. The van der Waals surface area contributed by atoms with Crippen LogP contribution in [0, 0.1) is 0 Å². The molecule has 0 unspecified atom stereocenters. The van der Waals surface area contributed by atoms with E-state index in [0.29, 0.717) is 0 Å². The van der Waals surface area contributed by atoms with Crippen molar-refractivity contribution in [1.82, 2.24) is 9.80 Å². The topological polar surface area (TPSA) is 15.7 Å². The third-order valence-corrected chi connectivity index (χ3v) is 4.54. The summed E-state index contributed by atoms with van der Waals surface area (Å²) in [6.45, 7) is 7.82. The molecule has 1 aliphatic heterocycles. The van der Waals surface area contributed by atoms with E-state index in [-0.39, 0.29) is 0 Å². The summed E-state index contributed by atoms with van der Waals surface area (Å²) in [6, 6.07) is 0.884. The highest BCUT2D eigenvalue weighted by Gasteiger charge is 2.24. The number of hydrogen-bond acceptors (Lipinski definition) is 3. The van der Waals surface area contributed by atoms with Gasteiger partial charge in [-0.2, -0.15) is 0 Å². The van der Waals surface area contributed by atoms with Crippen LogP contribution in [0.5, 0.6) is 0 Å². The second-order valence-corrected chi connectivity index (χ2v) is 5.91. The van der Waals surface area contributed by atoms with Crippen LogP contribution in [-0.4, -0.2) is 67.1 Å². The van der Waals surface area contributed by atoms with Gasteiger partial charge in [-0.25, -0.2) is 0 Å². The van der Waals surface area contributed by atoms with Crippen molar-refractivity contribution in [2.45, 2.75) is 31.7 Å². The molecule has 1 heterocycles. The van der Waals surface area contributed by atoms with Crippen molar-refractivity contribution < 1.29 is 4.74 Å². The third kappa shape index (κ3) is 4.51. The minimum atomic E-state index is 0.884. The summed E-state index contributed by atoms with van der Waals surface area (Å²) in [5.74, 6) is 0. The Bertz CT molecular complexity index is 206. The molecule has 0 spiro atoms. The summed E-state index contributed by atoms with van der Waals surface area (Å²) in [7, 11) is 0. The van der Waals surface area contributed by atoms with Crippen LogP contribution in [0.15, 0.2) is 0 Å². The van der Waals surface area contributed by atoms with Gasteiger partial charge in [-0.05, 0) is 25.8 Å². The fourth-order valence-corrected chi connectivity index (χ4v) is 2.84. The number of hydrogen-bond donors (Lipinski definition) is 0. The largest absolute Gasteiger partial charge is 0.379 e. The van der Waals surface area contributed by atoms with Crippen molar-refractivity contribution in [3.8, 4) is 0 Å². The number of morpholine rings is 1. The number of halogens is 1. The molecule has 0 aromatic rings. The van der Waals surface area contributed by atoms with Crippen molar-refractivity contribution in [3.63, 3.8) is 0 Å². The SMILES string of the molecule is BrCCCN(CCN1CCOCC1)C1CCC1. The lowest BCUT2D eigenvalue weighted by Crippen LogP contribution is -2.46. The van der Waals surface area contributed by atoms with Crippen LogP contribution in [0.25, 0.3) is 0 Å². The first-order valence-corrected chi connectivity index (χ1v) is 8.12. The summed E-state index contributed by atoms with van der Waals surface area (Å²) in [5, 5.41) is 1.13. The van der Waals surface area contributed by atoms with Crippen LogP contribution in [0.2, 0.25) is 0 Å². The highest BCUT2D eigenvalue weighted by atomic mass is 79.9. The van der Waals surface area contributed by atoms with E-state index >= 15 is 0 Å². The zero-order chi connectivity index (χ0) is 11.9. The molecule has 0 amide bonds. The number of ether oxygens (including phenoxy) is 1. The van der Waals surface area contributed by atoms with Crippen molar-refractivity contribution in [1.29, 1.82) is 0 Å². The fraction of sp³-hybridized carbons (Fsp3) is 1.00. The smallest absolute Gasteiger partial charge is 0.0594 e. The summed E-state index contributed by atoms with van der Waals surface area (Å²) in [6.07, 6.45) is 5.56. The van der Waals surface area contributed by atoms with E-state index in [9.17, 15) is 0 Å². The van der Waals surface area contributed by atoms with Gasteiger partial charge in [0, 0.05) is 37.6 Å². The molecule has 2 rings (SSSR count). The minimum Gasteiger partial charge on any atom is -0.379 e. The summed E-state index contributed by atoms with van der Waals surface area (Å²) < 4.78 is 5.39. The lowest BCUT2D eigenvalue weighted by Gasteiger charge is -2.39. The molecule has 17 heavy (non-hydrogen) atoms. The molecule has 0 radical (unpaired) electrons. The van der Waals surface area contributed by atoms with E-state index in [0.717, 1.165) is 37.7 Å². The van der Waals surface area contributed by atoms with Crippen molar-refractivity contribution in [3.05, 3.63) is 0 Å². The quantitative estimate of drug-likeness (QED) is 0.669. The van der Waals surface area contributed by atoms with E-state index in [1.165, 1.54) is 45.3 Å². The normalized spacial score (nSPS) is 22.9. The molecule has 0 aromatic heterocycles. The van der Waals surface area contributed by atoms with E-state index in [1.54, 1.807) is 0 Å². The Morgan fingerprint density at radius 1 is 1.18 bits per heavy atom. The molecule has 4 heteroatoms. The maximum absolute atomic E-state index is 5.39. The molecule has 100 valence electrons. The predicted molar refractivity (Wildman–Crippen MR) is 74.9 cm³/mol. The Hall–Kier alpha value is 0.360. The van der Waals surface area contributed by atoms with Gasteiger partial charge in [0.25, 0.3) is 0 Å². The number of nitrogens with zero attached hydrogens (tertiary/aromatic N) is 2. The zero-order valence-corrected chi connectivity index (χ0v) is 12.3. The minimum absolute atomic E-state index is 0.884. The molecular weight excluding hydrogens is 280 g/mol. The number of rotatable bonds is 7. The Balaban J connectivity index is 1.67. The third-order valence-electron chi connectivity index (χ3n) is 3.98. The fourth-order valence-electron chi connectivity index (χ4n) is 2.59. The van der Waals surface area contributed by atoms with Gasteiger partial charge in [0.05, 0.1) is 13.2 Å². The molecular formula is C13H25BrN2O. The molecule has 2 fully saturated rings. The second kappa shape index (κ2) is 7.72.